The van der Waals surface area contributed by atoms with E-state index in [0.717, 1.165) is 11.6 Å². The summed E-state index contributed by atoms with van der Waals surface area (Å²) in [6, 6.07) is 12.6. The SMILES string of the molecule is CN(Cc1ccc(C#N)cc1)C(=O)c1ccc([N+](=O)[O-])cc1Cl. The summed E-state index contributed by atoms with van der Waals surface area (Å²) in [7, 11) is 1.61. The Kier molecular flexibility index (Phi) is 4.94. The van der Waals surface area contributed by atoms with Crippen LogP contribution in [0.2, 0.25) is 5.02 Å². The van der Waals surface area contributed by atoms with Crippen LogP contribution in [0.25, 0.3) is 0 Å². The smallest absolute Gasteiger partial charge is 0.270 e. The summed E-state index contributed by atoms with van der Waals surface area (Å²) in [5, 5.41) is 19.5. The van der Waals surface area contributed by atoms with Gasteiger partial charge in [-0.1, -0.05) is 23.7 Å². The van der Waals surface area contributed by atoms with Gasteiger partial charge in [0.25, 0.3) is 11.6 Å². The van der Waals surface area contributed by atoms with Crippen LogP contribution in [-0.4, -0.2) is 22.8 Å². The summed E-state index contributed by atoms with van der Waals surface area (Å²) in [6.45, 7) is 0.331. The van der Waals surface area contributed by atoms with Gasteiger partial charge in [-0.3, -0.25) is 14.9 Å². The van der Waals surface area contributed by atoms with Crippen molar-refractivity contribution in [2.75, 3.05) is 7.05 Å². The molecule has 0 atom stereocenters. The molecule has 2 rings (SSSR count). The number of carbonyl (C=O) groups excluding carboxylic acids is 1. The molecule has 0 heterocycles. The van der Waals surface area contributed by atoms with Crippen LogP contribution in [0, 0.1) is 21.4 Å². The maximum absolute atomic E-state index is 12.4. The van der Waals surface area contributed by atoms with Crippen molar-refractivity contribution in [1.29, 1.82) is 5.26 Å². The second kappa shape index (κ2) is 6.90. The summed E-state index contributed by atoms with van der Waals surface area (Å²) in [5.74, 6) is -0.339. The molecule has 0 saturated heterocycles. The van der Waals surface area contributed by atoms with Gasteiger partial charge in [0.15, 0.2) is 0 Å². The predicted octanol–water partition coefficient (Wildman–Crippen LogP) is 3.39. The molecule has 2 aromatic carbocycles. The van der Waals surface area contributed by atoms with Gasteiger partial charge < -0.3 is 4.90 Å². The zero-order chi connectivity index (χ0) is 17.0. The number of nitro groups is 1. The highest BCUT2D eigenvalue weighted by molar-refractivity contribution is 6.34. The van der Waals surface area contributed by atoms with Gasteiger partial charge in [0.2, 0.25) is 0 Å². The molecule has 0 N–H and O–H groups in total. The number of nitro benzene ring substituents is 1. The van der Waals surface area contributed by atoms with Crippen molar-refractivity contribution in [1.82, 2.24) is 4.90 Å². The Balaban J connectivity index is 2.16. The van der Waals surface area contributed by atoms with Gasteiger partial charge in [-0.15, -0.1) is 0 Å². The van der Waals surface area contributed by atoms with Crippen LogP contribution in [0.15, 0.2) is 42.5 Å². The molecule has 0 radical (unpaired) electrons. The molecule has 2 aromatic rings. The number of hydrogen-bond acceptors (Lipinski definition) is 4. The fourth-order valence-electron chi connectivity index (χ4n) is 2.03. The Labute approximate surface area is 137 Å². The van der Waals surface area contributed by atoms with Crippen LogP contribution in [-0.2, 0) is 6.54 Å². The molecule has 0 spiro atoms. The quantitative estimate of drug-likeness (QED) is 0.635. The van der Waals surface area contributed by atoms with Crippen molar-refractivity contribution >= 4 is 23.2 Å². The summed E-state index contributed by atoms with van der Waals surface area (Å²) in [6.07, 6.45) is 0. The molecule has 0 saturated carbocycles. The maximum Gasteiger partial charge on any atom is 0.270 e. The molecule has 0 aromatic heterocycles. The van der Waals surface area contributed by atoms with E-state index in [2.05, 4.69) is 0 Å². The van der Waals surface area contributed by atoms with Gasteiger partial charge in [0, 0.05) is 25.7 Å². The van der Waals surface area contributed by atoms with Gasteiger partial charge in [-0.2, -0.15) is 5.26 Å². The van der Waals surface area contributed by atoms with Crippen molar-refractivity contribution in [3.05, 3.63) is 74.3 Å². The molecule has 0 fully saturated rings. The standard InChI is InChI=1S/C16H12ClN3O3/c1-19(10-12-4-2-11(9-18)3-5-12)16(21)14-7-6-13(20(22)23)8-15(14)17/h2-8H,10H2,1H3. The van der Waals surface area contributed by atoms with Gasteiger partial charge in [-0.25, -0.2) is 0 Å². The van der Waals surface area contributed by atoms with E-state index in [1.807, 2.05) is 6.07 Å². The van der Waals surface area contributed by atoms with E-state index in [1.165, 1.54) is 17.0 Å². The minimum absolute atomic E-state index is 0.0379. The van der Waals surface area contributed by atoms with Crippen LogP contribution in [0.5, 0.6) is 0 Å². The number of non-ortho nitro benzene ring substituents is 1. The number of nitriles is 1. The first-order valence-corrected chi connectivity index (χ1v) is 6.98. The van der Waals surface area contributed by atoms with E-state index in [9.17, 15) is 14.9 Å². The highest BCUT2D eigenvalue weighted by Crippen LogP contribution is 2.23. The highest BCUT2D eigenvalue weighted by Gasteiger charge is 2.18. The van der Waals surface area contributed by atoms with E-state index in [4.69, 9.17) is 16.9 Å². The third-order valence-corrected chi connectivity index (χ3v) is 3.56. The summed E-state index contributed by atoms with van der Waals surface area (Å²) >= 11 is 5.97. The minimum atomic E-state index is -0.569. The molecule has 0 aliphatic carbocycles. The Hall–Kier alpha value is -2.91. The highest BCUT2D eigenvalue weighted by atomic mass is 35.5. The molecule has 6 nitrogen and oxygen atoms in total. The lowest BCUT2D eigenvalue weighted by Crippen LogP contribution is -2.26. The monoisotopic (exact) mass is 329 g/mol. The number of amides is 1. The number of benzene rings is 2. The average Bonchev–Trinajstić information content (AvgIpc) is 2.54. The Morgan fingerprint density at radius 2 is 1.96 bits per heavy atom. The first-order valence-electron chi connectivity index (χ1n) is 6.61. The van der Waals surface area contributed by atoms with Gasteiger partial charge in [0.05, 0.1) is 27.1 Å². The first kappa shape index (κ1) is 16.5. The lowest BCUT2D eigenvalue weighted by Gasteiger charge is -2.18. The molecule has 0 unspecified atom stereocenters. The van der Waals surface area contributed by atoms with Crippen molar-refractivity contribution in [3.8, 4) is 6.07 Å². The Morgan fingerprint density at radius 1 is 1.30 bits per heavy atom. The van der Waals surface area contributed by atoms with E-state index < -0.39 is 4.92 Å². The maximum atomic E-state index is 12.4. The van der Waals surface area contributed by atoms with Gasteiger partial charge in [-0.05, 0) is 23.8 Å². The van der Waals surface area contributed by atoms with Crippen molar-refractivity contribution in [3.63, 3.8) is 0 Å². The third kappa shape index (κ3) is 3.84. The van der Waals surface area contributed by atoms with E-state index in [-0.39, 0.29) is 22.2 Å². The molecular formula is C16H12ClN3O3. The van der Waals surface area contributed by atoms with E-state index in [1.54, 1.807) is 31.3 Å². The lowest BCUT2D eigenvalue weighted by atomic mass is 10.1. The lowest BCUT2D eigenvalue weighted by molar-refractivity contribution is -0.384. The summed E-state index contributed by atoms with van der Waals surface area (Å²) in [5.41, 5.74) is 1.44. The zero-order valence-electron chi connectivity index (χ0n) is 12.2. The van der Waals surface area contributed by atoms with E-state index >= 15 is 0 Å². The summed E-state index contributed by atoms with van der Waals surface area (Å²) < 4.78 is 0. The third-order valence-electron chi connectivity index (χ3n) is 3.24. The average molecular weight is 330 g/mol. The normalized spacial score (nSPS) is 9.96. The van der Waals surface area contributed by atoms with Crippen LogP contribution < -0.4 is 0 Å². The second-order valence-corrected chi connectivity index (χ2v) is 5.30. The van der Waals surface area contributed by atoms with Crippen LogP contribution in [0.1, 0.15) is 21.5 Å². The predicted molar refractivity (Wildman–Crippen MR) is 85.1 cm³/mol. The molecular weight excluding hydrogens is 318 g/mol. The fourth-order valence-corrected chi connectivity index (χ4v) is 2.28. The largest absolute Gasteiger partial charge is 0.337 e. The van der Waals surface area contributed by atoms with Crippen LogP contribution in [0.4, 0.5) is 5.69 Å². The van der Waals surface area contributed by atoms with Crippen molar-refractivity contribution in [2.45, 2.75) is 6.54 Å². The molecule has 0 bridgehead atoms. The molecule has 0 aliphatic rings. The summed E-state index contributed by atoms with van der Waals surface area (Å²) in [4.78, 5) is 24.0. The second-order valence-electron chi connectivity index (χ2n) is 4.89. The molecule has 116 valence electrons. The molecule has 1 amide bonds. The Bertz CT molecular complexity index is 797. The zero-order valence-corrected chi connectivity index (χ0v) is 12.9. The number of rotatable bonds is 4. The van der Waals surface area contributed by atoms with Gasteiger partial charge in [0.1, 0.15) is 0 Å². The van der Waals surface area contributed by atoms with Gasteiger partial charge >= 0.3 is 0 Å². The van der Waals surface area contributed by atoms with Crippen molar-refractivity contribution in [2.24, 2.45) is 0 Å². The fraction of sp³-hybridized carbons (Fsp3) is 0.125. The minimum Gasteiger partial charge on any atom is -0.337 e. The number of hydrogen-bond donors (Lipinski definition) is 0. The molecule has 7 heteroatoms. The number of halogens is 1. The van der Waals surface area contributed by atoms with Crippen LogP contribution >= 0.6 is 11.6 Å². The van der Waals surface area contributed by atoms with Crippen molar-refractivity contribution < 1.29 is 9.72 Å². The van der Waals surface area contributed by atoms with Crippen LogP contribution in [0.3, 0.4) is 0 Å². The number of carbonyl (C=O) groups is 1. The van der Waals surface area contributed by atoms with E-state index in [0.29, 0.717) is 12.1 Å². The molecule has 23 heavy (non-hydrogen) atoms. The number of nitrogens with zero attached hydrogens (tertiary/aromatic N) is 3. The first-order chi connectivity index (χ1) is 10.9. The Morgan fingerprint density at radius 3 is 2.48 bits per heavy atom. The topological polar surface area (TPSA) is 87.2 Å². The molecule has 0 aliphatic heterocycles.